The predicted molar refractivity (Wildman–Crippen MR) is 58.3 cm³/mol. The van der Waals surface area contributed by atoms with Gasteiger partial charge in [-0.25, -0.2) is 8.78 Å². The molecule has 0 radical (unpaired) electrons. The van der Waals surface area contributed by atoms with E-state index in [9.17, 15) is 13.9 Å². The lowest BCUT2D eigenvalue weighted by molar-refractivity contribution is 0.149. The summed E-state index contributed by atoms with van der Waals surface area (Å²) >= 11 is 3.21. The van der Waals surface area contributed by atoms with Crippen molar-refractivity contribution in [2.45, 2.75) is 6.43 Å². The molecule has 0 amide bonds. The standard InChI is InChI=1S/C11H7BrF2O/c12-7-3-1-6-2-4-9(15)10(11(13)14)8(6)5-7/h1-5,11,15H. The van der Waals surface area contributed by atoms with Crippen molar-refractivity contribution in [3.63, 3.8) is 0 Å². The van der Waals surface area contributed by atoms with E-state index in [0.29, 0.717) is 15.2 Å². The molecule has 0 aliphatic rings. The number of alkyl halides is 2. The fourth-order valence-corrected chi connectivity index (χ4v) is 1.89. The number of phenolic OH excluding ortho intramolecular Hbond substituents is 1. The van der Waals surface area contributed by atoms with Crippen molar-refractivity contribution >= 4 is 26.7 Å². The quantitative estimate of drug-likeness (QED) is 0.823. The average Bonchev–Trinajstić information content (AvgIpc) is 2.16. The van der Waals surface area contributed by atoms with E-state index >= 15 is 0 Å². The molecular weight excluding hydrogens is 266 g/mol. The van der Waals surface area contributed by atoms with Gasteiger partial charge < -0.3 is 5.11 Å². The number of aromatic hydroxyl groups is 1. The zero-order chi connectivity index (χ0) is 11.0. The van der Waals surface area contributed by atoms with E-state index in [2.05, 4.69) is 15.9 Å². The minimum atomic E-state index is -2.68. The van der Waals surface area contributed by atoms with Crippen LogP contribution in [0.2, 0.25) is 0 Å². The van der Waals surface area contributed by atoms with Gasteiger partial charge in [-0.05, 0) is 29.0 Å². The SMILES string of the molecule is Oc1ccc2ccc(Br)cc2c1C(F)F. The Hall–Kier alpha value is -1.16. The molecule has 0 atom stereocenters. The van der Waals surface area contributed by atoms with Crippen LogP contribution in [0.4, 0.5) is 8.78 Å². The lowest BCUT2D eigenvalue weighted by Gasteiger charge is -2.08. The van der Waals surface area contributed by atoms with Crippen LogP contribution in [0.1, 0.15) is 12.0 Å². The Morgan fingerprint density at radius 2 is 1.80 bits per heavy atom. The lowest BCUT2D eigenvalue weighted by atomic mass is 10.0. The summed E-state index contributed by atoms with van der Waals surface area (Å²) < 4.78 is 26.1. The normalized spacial score (nSPS) is 11.2. The molecule has 0 spiro atoms. The topological polar surface area (TPSA) is 20.2 Å². The van der Waals surface area contributed by atoms with Gasteiger partial charge in [-0.1, -0.05) is 28.1 Å². The van der Waals surface area contributed by atoms with Gasteiger partial charge in [0.25, 0.3) is 6.43 Å². The van der Waals surface area contributed by atoms with Gasteiger partial charge in [0.05, 0.1) is 5.56 Å². The van der Waals surface area contributed by atoms with Crippen molar-refractivity contribution in [2.24, 2.45) is 0 Å². The third kappa shape index (κ3) is 1.81. The molecule has 1 nitrogen and oxygen atoms in total. The summed E-state index contributed by atoms with van der Waals surface area (Å²) in [5.74, 6) is -0.365. The third-order valence-corrected chi connectivity index (χ3v) is 2.71. The van der Waals surface area contributed by atoms with Gasteiger partial charge in [0, 0.05) is 4.47 Å². The number of hydrogen-bond acceptors (Lipinski definition) is 1. The highest BCUT2D eigenvalue weighted by Gasteiger charge is 2.16. The van der Waals surface area contributed by atoms with Crippen molar-refractivity contribution < 1.29 is 13.9 Å². The minimum absolute atomic E-state index is 0.311. The van der Waals surface area contributed by atoms with E-state index < -0.39 is 6.43 Å². The second-order valence-electron chi connectivity index (χ2n) is 3.16. The van der Waals surface area contributed by atoms with E-state index in [0.717, 1.165) is 0 Å². The Bertz CT molecular complexity index is 506. The van der Waals surface area contributed by atoms with Gasteiger partial charge in [-0.2, -0.15) is 0 Å². The van der Waals surface area contributed by atoms with Crippen molar-refractivity contribution in [2.75, 3.05) is 0 Å². The fourth-order valence-electron chi connectivity index (χ4n) is 1.53. The molecule has 2 aromatic carbocycles. The van der Waals surface area contributed by atoms with Crippen LogP contribution >= 0.6 is 15.9 Å². The molecule has 4 heteroatoms. The summed E-state index contributed by atoms with van der Waals surface area (Å²) in [5.41, 5.74) is -0.311. The summed E-state index contributed by atoms with van der Waals surface area (Å²) in [5, 5.41) is 10.4. The molecule has 0 saturated heterocycles. The van der Waals surface area contributed by atoms with Crippen molar-refractivity contribution in [3.05, 3.63) is 40.4 Å². The molecule has 78 valence electrons. The first-order valence-corrected chi connectivity index (χ1v) is 5.08. The molecule has 0 aliphatic carbocycles. The highest BCUT2D eigenvalue weighted by molar-refractivity contribution is 9.10. The smallest absolute Gasteiger partial charge is 0.268 e. The maximum atomic E-state index is 12.7. The first-order valence-electron chi connectivity index (χ1n) is 4.29. The summed E-state index contributed by atoms with van der Waals surface area (Å²) in [7, 11) is 0. The summed E-state index contributed by atoms with van der Waals surface area (Å²) in [6.07, 6.45) is -2.68. The minimum Gasteiger partial charge on any atom is -0.507 e. The van der Waals surface area contributed by atoms with Crippen LogP contribution in [0.25, 0.3) is 10.8 Å². The highest BCUT2D eigenvalue weighted by Crippen LogP contribution is 2.36. The van der Waals surface area contributed by atoms with Crippen LogP contribution in [-0.2, 0) is 0 Å². The van der Waals surface area contributed by atoms with Crippen molar-refractivity contribution in [1.82, 2.24) is 0 Å². The van der Waals surface area contributed by atoms with Gasteiger partial charge in [-0.15, -0.1) is 0 Å². The monoisotopic (exact) mass is 272 g/mol. The van der Waals surface area contributed by atoms with Crippen molar-refractivity contribution in [1.29, 1.82) is 0 Å². The number of fused-ring (bicyclic) bond motifs is 1. The molecule has 0 aromatic heterocycles. The molecular formula is C11H7BrF2O. The Morgan fingerprint density at radius 1 is 1.13 bits per heavy atom. The molecule has 0 bridgehead atoms. The fraction of sp³-hybridized carbons (Fsp3) is 0.0909. The summed E-state index contributed by atoms with van der Waals surface area (Å²) in [4.78, 5) is 0. The number of phenols is 1. The molecule has 0 heterocycles. The molecule has 15 heavy (non-hydrogen) atoms. The number of rotatable bonds is 1. The van der Waals surface area contributed by atoms with E-state index in [1.54, 1.807) is 24.3 Å². The Kier molecular flexibility index (Phi) is 2.61. The van der Waals surface area contributed by atoms with Crippen LogP contribution in [-0.4, -0.2) is 5.11 Å². The van der Waals surface area contributed by atoms with E-state index in [1.165, 1.54) is 6.07 Å². The van der Waals surface area contributed by atoms with E-state index in [4.69, 9.17) is 0 Å². The molecule has 2 aromatic rings. The molecule has 2 rings (SSSR count). The van der Waals surface area contributed by atoms with Gasteiger partial charge in [0.15, 0.2) is 0 Å². The maximum absolute atomic E-state index is 12.7. The van der Waals surface area contributed by atoms with Crippen LogP contribution < -0.4 is 0 Å². The first kappa shape index (κ1) is 10.4. The van der Waals surface area contributed by atoms with E-state index in [-0.39, 0.29) is 11.3 Å². The second-order valence-corrected chi connectivity index (χ2v) is 4.08. The zero-order valence-corrected chi connectivity index (χ0v) is 9.13. The molecule has 0 aliphatic heterocycles. The summed E-state index contributed by atoms with van der Waals surface area (Å²) in [6.45, 7) is 0. The number of benzene rings is 2. The number of hydrogen-bond donors (Lipinski definition) is 1. The van der Waals surface area contributed by atoms with Crippen LogP contribution in [0.3, 0.4) is 0 Å². The largest absolute Gasteiger partial charge is 0.507 e. The van der Waals surface area contributed by atoms with E-state index in [1.807, 2.05) is 0 Å². The second kappa shape index (κ2) is 3.77. The first-order chi connectivity index (χ1) is 7.09. The Morgan fingerprint density at radius 3 is 2.47 bits per heavy atom. The van der Waals surface area contributed by atoms with Gasteiger partial charge >= 0.3 is 0 Å². The van der Waals surface area contributed by atoms with Gasteiger partial charge in [-0.3, -0.25) is 0 Å². The predicted octanol–water partition coefficient (Wildman–Crippen LogP) is 4.25. The maximum Gasteiger partial charge on any atom is 0.268 e. The van der Waals surface area contributed by atoms with Gasteiger partial charge in [0.2, 0.25) is 0 Å². The highest BCUT2D eigenvalue weighted by atomic mass is 79.9. The van der Waals surface area contributed by atoms with Crippen LogP contribution in [0.15, 0.2) is 34.8 Å². The third-order valence-electron chi connectivity index (χ3n) is 2.22. The van der Waals surface area contributed by atoms with Crippen molar-refractivity contribution in [3.8, 4) is 5.75 Å². The Balaban J connectivity index is 2.84. The molecule has 1 N–H and O–H groups in total. The number of halogens is 3. The zero-order valence-electron chi connectivity index (χ0n) is 7.55. The molecule has 0 unspecified atom stereocenters. The summed E-state index contributed by atoms with van der Waals surface area (Å²) in [6, 6.07) is 7.98. The Labute approximate surface area is 93.5 Å². The lowest BCUT2D eigenvalue weighted by Crippen LogP contribution is -1.88. The molecule has 0 fully saturated rings. The average molecular weight is 273 g/mol. The van der Waals surface area contributed by atoms with Gasteiger partial charge in [0.1, 0.15) is 5.75 Å². The van der Waals surface area contributed by atoms with Crippen LogP contribution in [0, 0.1) is 0 Å². The van der Waals surface area contributed by atoms with Crippen LogP contribution in [0.5, 0.6) is 5.75 Å². The molecule has 0 saturated carbocycles.